The van der Waals surface area contributed by atoms with Gasteiger partial charge < -0.3 is 9.84 Å². The van der Waals surface area contributed by atoms with Crippen molar-refractivity contribution in [3.05, 3.63) is 50.7 Å². The molecule has 0 aliphatic heterocycles. The van der Waals surface area contributed by atoms with Crippen LogP contribution in [0.4, 0.5) is 0 Å². The summed E-state index contributed by atoms with van der Waals surface area (Å²) in [4.78, 5) is 15.8. The van der Waals surface area contributed by atoms with Gasteiger partial charge in [-0.3, -0.25) is 9.78 Å². The van der Waals surface area contributed by atoms with Gasteiger partial charge in [-0.05, 0) is 34.1 Å². The minimum Gasteiger partial charge on any atom is -0.504 e. The van der Waals surface area contributed by atoms with Gasteiger partial charge in [0.1, 0.15) is 0 Å². The lowest BCUT2D eigenvalue weighted by Gasteiger charge is -2.06. The monoisotopic (exact) mass is 427 g/mol. The number of amides is 1. The molecule has 0 unspecified atom stereocenters. The zero-order valence-corrected chi connectivity index (χ0v) is 14.6. The number of hydrogen-bond acceptors (Lipinski definition) is 5. The van der Waals surface area contributed by atoms with E-state index >= 15 is 0 Å². The summed E-state index contributed by atoms with van der Waals surface area (Å²) in [5.41, 5.74) is 3.13. The second-order valence-corrected chi connectivity index (χ2v) is 5.97. The van der Waals surface area contributed by atoms with Crippen LogP contribution in [0.2, 0.25) is 0 Å². The molecule has 1 amide bonds. The van der Waals surface area contributed by atoms with Crippen LogP contribution in [0, 0.1) is 0 Å². The summed E-state index contributed by atoms with van der Waals surface area (Å²) in [6.45, 7) is 0. The largest absolute Gasteiger partial charge is 0.504 e. The third kappa shape index (κ3) is 4.05. The summed E-state index contributed by atoms with van der Waals surface area (Å²) in [5.74, 6) is -0.169. The first kappa shape index (κ1) is 16.4. The maximum atomic E-state index is 11.9. The lowest BCUT2D eigenvalue weighted by atomic mass is 10.2. The Hall–Kier alpha value is -1.93. The maximum absolute atomic E-state index is 11.9. The number of aromatic nitrogens is 1. The SMILES string of the molecule is COc1cc(Br)cc(/C=N/NC(=O)c2cncc(Br)c2)c1O. The van der Waals surface area contributed by atoms with E-state index in [0.29, 0.717) is 25.8 Å². The standard InChI is InChI=1S/C14H11Br2N3O3/c1-22-12-4-10(15)2-8(13(12)20)6-18-19-14(21)9-3-11(16)7-17-5-9/h2-7,20H,1H3,(H,19,21)/b18-6+. The molecule has 0 saturated heterocycles. The van der Waals surface area contributed by atoms with Crippen molar-refractivity contribution in [3.8, 4) is 11.5 Å². The molecule has 2 aromatic rings. The number of phenols is 1. The predicted octanol–water partition coefficient (Wildman–Crippen LogP) is 3.08. The summed E-state index contributed by atoms with van der Waals surface area (Å²) >= 11 is 6.54. The van der Waals surface area contributed by atoms with Crippen molar-refractivity contribution in [2.75, 3.05) is 7.11 Å². The first-order valence-corrected chi connectivity index (χ1v) is 7.60. The fourth-order valence-corrected chi connectivity index (χ4v) is 2.43. The van der Waals surface area contributed by atoms with Gasteiger partial charge in [0, 0.05) is 26.9 Å². The number of pyridine rings is 1. The first-order valence-electron chi connectivity index (χ1n) is 6.01. The Bertz CT molecular complexity index is 735. The van der Waals surface area contributed by atoms with Crippen molar-refractivity contribution in [1.82, 2.24) is 10.4 Å². The van der Waals surface area contributed by atoms with Gasteiger partial charge >= 0.3 is 0 Å². The number of nitrogens with one attached hydrogen (secondary N) is 1. The van der Waals surface area contributed by atoms with Crippen molar-refractivity contribution < 1.29 is 14.6 Å². The average molecular weight is 429 g/mol. The highest BCUT2D eigenvalue weighted by Crippen LogP contribution is 2.32. The Balaban J connectivity index is 2.13. The molecule has 2 rings (SSSR count). The summed E-state index contributed by atoms with van der Waals surface area (Å²) in [5, 5.41) is 13.8. The number of carbonyl (C=O) groups excluding carboxylic acids is 1. The molecule has 22 heavy (non-hydrogen) atoms. The van der Waals surface area contributed by atoms with Crippen LogP contribution in [0.3, 0.4) is 0 Å². The molecule has 0 fully saturated rings. The topological polar surface area (TPSA) is 83.8 Å². The molecular formula is C14H11Br2N3O3. The van der Waals surface area contributed by atoms with E-state index in [1.165, 1.54) is 19.5 Å². The molecule has 2 N–H and O–H groups in total. The van der Waals surface area contributed by atoms with Crippen LogP contribution in [0.5, 0.6) is 11.5 Å². The number of hydrogen-bond donors (Lipinski definition) is 2. The Labute approximate surface area is 143 Å². The number of rotatable bonds is 4. The van der Waals surface area contributed by atoms with E-state index in [1.807, 2.05) is 0 Å². The van der Waals surface area contributed by atoms with Gasteiger partial charge in [0.2, 0.25) is 0 Å². The first-order chi connectivity index (χ1) is 10.5. The summed E-state index contributed by atoms with van der Waals surface area (Å²) in [7, 11) is 1.45. The molecule has 0 spiro atoms. The molecule has 1 aromatic carbocycles. The Morgan fingerprint density at radius 3 is 2.77 bits per heavy atom. The van der Waals surface area contributed by atoms with E-state index in [4.69, 9.17) is 4.74 Å². The number of phenolic OH excluding ortho intramolecular Hbond substituents is 1. The number of ether oxygens (including phenoxy) is 1. The highest BCUT2D eigenvalue weighted by atomic mass is 79.9. The van der Waals surface area contributed by atoms with E-state index in [2.05, 4.69) is 47.4 Å². The molecule has 114 valence electrons. The van der Waals surface area contributed by atoms with E-state index in [0.717, 1.165) is 0 Å². The zero-order chi connectivity index (χ0) is 16.1. The molecule has 0 aliphatic carbocycles. The molecule has 0 bridgehead atoms. The van der Waals surface area contributed by atoms with E-state index in [1.54, 1.807) is 24.4 Å². The number of carbonyl (C=O) groups is 1. The fourth-order valence-electron chi connectivity index (χ4n) is 1.61. The molecule has 0 aliphatic rings. The number of aromatic hydroxyl groups is 1. The van der Waals surface area contributed by atoms with Gasteiger partial charge in [0.05, 0.1) is 18.9 Å². The van der Waals surface area contributed by atoms with Crippen LogP contribution >= 0.6 is 31.9 Å². The van der Waals surface area contributed by atoms with Crippen molar-refractivity contribution in [3.63, 3.8) is 0 Å². The van der Waals surface area contributed by atoms with Crippen LogP contribution < -0.4 is 10.2 Å². The van der Waals surface area contributed by atoms with Gasteiger partial charge in [-0.15, -0.1) is 0 Å². The molecule has 1 aromatic heterocycles. The van der Waals surface area contributed by atoms with Gasteiger partial charge in [-0.2, -0.15) is 5.10 Å². The van der Waals surface area contributed by atoms with Gasteiger partial charge in [0.15, 0.2) is 11.5 Å². The number of benzene rings is 1. The molecule has 6 nitrogen and oxygen atoms in total. The van der Waals surface area contributed by atoms with E-state index in [-0.39, 0.29) is 5.75 Å². The molecular weight excluding hydrogens is 418 g/mol. The fraction of sp³-hybridized carbons (Fsp3) is 0.0714. The van der Waals surface area contributed by atoms with Crippen molar-refractivity contribution >= 4 is 44.0 Å². The molecule has 0 saturated carbocycles. The number of nitrogens with zero attached hydrogens (tertiary/aromatic N) is 2. The van der Waals surface area contributed by atoms with Crippen molar-refractivity contribution in [2.24, 2.45) is 5.10 Å². The average Bonchev–Trinajstić information content (AvgIpc) is 2.50. The minimum atomic E-state index is -0.411. The summed E-state index contributed by atoms with van der Waals surface area (Å²) in [6.07, 6.45) is 4.33. The lowest BCUT2D eigenvalue weighted by Crippen LogP contribution is -2.17. The van der Waals surface area contributed by atoms with Gasteiger partial charge in [-0.25, -0.2) is 5.43 Å². The second kappa shape index (κ2) is 7.37. The van der Waals surface area contributed by atoms with Crippen LogP contribution in [0.15, 0.2) is 44.6 Å². The second-order valence-electron chi connectivity index (χ2n) is 4.14. The minimum absolute atomic E-state index is 0.0622. The third-order valence-corrected chi connectivity index (χ3v) is 3.52. The summed E-state index contributed by atoms with van der Waals surface area (Å²) < 4.78 is 6.44. The quantitative estimate of drug-likeness (QED) is 0.578. The van der Waals surface area contributed by atoms with Crippen LogP contribution in [0.1, 0.15) is 15.9 Å². The molecule has 8 heteroatoms. The molecule has 1 heterocycles. The highest BCUT2D eigenvalue weighted by molar-refractivity contribution is 9.10. The van der Waals surface area contributed by atoms with Crippen LogP contribution in [0.25, 0.3) is 0 Å². The smallest absolute Gasteiger partial charge is 0.272 e. The van der Waals surface area contributed by atoms with Crippen molar-refractivity contribution in [2.45, 2.75) is 0 Å². The normalized spacial score (nSPS) is 10.7. The number of halogens is 2. The van der Waals surface area contributed by atoms with Gasteiger partial charge in [-0.1, -0.05) is 15.9 Å². The molecule has 0 atom stereocenters. The Kier molecular flexibility index (Phi) is 5.51. The maximum Gasteiger partial charge on any atom is 0.272 e. The lowest BCUT2D eigenvalue weighted by molar-refractivity contribution is 0.0954. The van der Waals surface area contributed by atoms with Crippen LogP contribution in [-0.2, 0) is 0 Å². The van der Waals surface area contributed by atoms with Gasteiger partial charge in [0.25, 0.3) is 5.91 Å². The van der Waals surface area contributed by atoms with E-state index in [9.17, 15) is 9.90 Å². The Morgan fingerprint density at radius 2 is 2.09 bits per heavy atom. The van der Waals surface area contributed by atoms with Crippen molar-refractivity contribution in [1.29, 1.82) is 0 Å². The zero-order valence-electron chi connectivity index (χ0n) is 11.4. The van der Waals surface area contributed by atoms with E-state index < -0.39 is 5.91 Å². The highest BCUT2D eigenvalue weighted by Gasteiger charge is 2.09. The Morgan fingerprint density at radius 1 is 1.32 bits per heavy atom. The number of hydrazone groups is 1. The third-order valence-electron chi connectivity index (χ3n) is 2.63. The molecule has 0 radical (unpaired) electrons. The van der Waals surface area contributed by atoms with Crippen LogP contribution in [-0.4, -0.2) is 29.3 Å². The number of methoxy groups -OCH3 is 1. The predicted molar refractivity (Wildman–Crippen MR) is 89.4 cm³/mol. The summed E-state index contributed by atoms with van der Waals surface area (Å²) in [6, 6.07) is 4.89.